The molecule has 0 atom stereocenters. The lowest BCUT2D eigenvalue weighted by Crippen LogP contribution is -2.30. The molecule has 1 aliphatic heterocycles. The molecule has 6 nitrogen and oxygen atoms in total. The average Bonchev–Trinajstić information content (AvgIpc) is 2.69. The van der Waals surface area contributed by atoms with E-state index in [2.05, 4.69) is 21.1 Å². The van der Waals surface area contributed by atoms with Crippen molar-refractivity contribution in [3.63, 3.8) is 0 Å². The summed E-state index contributed by atoms with van der Waals surface area (Å²) in [6.07, 6.45) is 5.44. The summed E-state index contributed by atoms with van der Waals surface area (Å²) in [5, 5.41) is 13.0. The zero-order valence-electron chi connectivity index (χ0n) is 14.1. The zero-order chi connectivity index (χ0) is 17.5. The normalized spacial score (nSPS) is 14.8. The van der Waals surface area contributed by atoms with E-state index < -0.39 is 0 Å². The second-order valence-corrected chi connectivity index (χ2v) is 5.97. The number of nitriles is 1. The first kappa shape index (κ1) is 16.8. The van der Waals surface area contributed by atoms with Gasteiger partial charge in [-0.3, -0.25) is 0 Å². The predicted octanol–water partition coefficient (Wildman–Crippen LogP) is 2.78. The first-order valence-electron chi connectivity index (χ1n) is 8.43. The van der Waals surface area contributed by atoms with Crippen LogP contribution in [-0.4, -0.2) is 23.9 Å². The number of amidine groups is 1. The van der Waals surface area contributed by atoms with E-state index in [4.69, 9.17) is 15.8 Å². The molecule has 2 heterocycles. The monoisotopic (exact) mass is 335 g/mol. The number of nitrogens with zero attached hydrogens (tertiary/aromatic N) is 4. The Morgan fingerprint density at radius 3 is 2.72 bits per heavy atom. The number of benzene rings is 1. The summed E-state index contributed by atoms with van der Waals surface area (Å²) in [6.45, 7) is 2.30. The van der Waals surface area contributed by atoms with Crippen LogP contribution in [0.5, 0.6) is 0 Å². The first-order chi connectivity index (χ1) is 12.3. The van der Waals surface area contributed by atoms with Crippen LogP contribution in [0.4, 0.5) is 5.82 Å². The van der Waals surface area contributed by atoms with Crippen molar-refractivity contribution < 1.29 is 4.84 Å². The molecule has 2 aromatic rings. The molecule has 3 rings (SSSR count). The summed E-state index contributed by atoms with van der Waals surface area (Å²) in [7, 11) is 0. The Morgan fingerprint density at radius 2 is 2.00 bits per heavy atom. The van der Waals surface area contributed by atoms with Gasteiger partial charge >= 0.3 is 0 Å². The molecule has 0 spiro atoms. The number of rotatable bonds is 5. The van der Waals surface area contributed by atoms with Gasteiger partial charge in [0.2, 0.25) is 0 Å². The van der Waals surface area contributed by atoms with E-state index >= 15 is 0 Å². The molecule has 25 heavy (non-hydrogen) atoms. The van der Waals surface area contributed by atoms with Crippen LogP contribution < -0.4 is 10.6 Å². The zero-order valence-corrected chi connectivity index (χ0v) is 14.1. The van der Waals surface area contributed by atoms with Gasteiger partial charge in [-0.25, -0.2) is 4.98 Å². The number of nitrogens with two attached hydrogens (primary N) is 1. The Labute approximate surface area is 147 Å². The van der Waals surface area contributed by atoms with Crippen molar-refractivity contribution in [3.8, 4) is 6.07 Å². The van der Waals surface area contributed by atoms with Crippen LogP contribution in [0.2, 0.25) is 0 Å². The first-order valence-corrected chi connectivity index (χ1v) is 8.43. The molecule has 0 unspecified atom stereocenters. The molecule has 1 saturated heterocycles. The second kappa shape index (κ2) is 8.15. The number of hydrogen-bond donors (Lipinski definition) is 1. The van der Waals surface area contributed by atoms with E-state index in [9.17, 15) is 0 Å². The Bertz CT molecular complexity index is 773. The maximum absolute atomic E-state index is 9.06. The van der Waals surface area contributed by atoms with Crippen LogP contribution in [-0.2, 0) is 11.4 Å². The number of piperidine rings is 1. The summed E-state index contributed by atoms with van der Waals surface area (Å²) in [4.78, 5) is 12.1. The fourth-order valence-corrected chi connectivity index (χ4v) is 2.83. The third-order valence-corrected chi connectivity index (χ3v) is 4.24. The van der Waals surface area contributed by atoms with Gasteiger partial charge in [0.05, 0.1) is 11.6 Å². The number of hydrogen-bond acceptors (Lipinski definition) is 5. The summed E-state index contributed by atoms with van der Waals surface area (Å²) in [6, 6.07) is 13.2. The van der Waals surface area contributed by atoms with E-state index in [1.54, 1.807) is 12.3 Å². The topological polar surface area (TPSA) is 87.5 Å². The molecular weight excluding hydrogens is 314 g/mol. The minimum atomic E-state index is 0.198. The van der Waals surface area contributed by atoms with Gasteiger partial charge in [0, 0.05) is 30.4 Å². The fraction of sp³-hybridized carbons (Fsp3) is 0.316. The maximum atomic E-state index is 9.06. The Kier molecular flexibility index (Phi) is 5.47. The van der Waals surface area contributed by atoms with Gasteiger partial charge in [-0.1, -0.05) is 23.4 Å². The highest BCUT2D eigenvalue weighted by Crippen LogP contribution is 2.17. The van der Waals surface area contributed by atoms with Crippen LogP contribution in [0.15, 0.2) is 47.8 Å². The van der Waals surface area contributed by atoms with E-state index in [0.29, 0.717) is 11.1 Å². The van der Waals surface area contributed by atoms with Gasteiger partial charge in [-0.05, 0) is 37.5 Å². The van der Waals surface area contributed by atoms with E-state index in [1.807, 2.05) is 30.3 Å². The molecule has 0 bridgehead atoms. The van der Waals surface area contributed by atoms with Crippen LogP contribution in [0, 0.1) is 11.3 Å². The maximum Gasteiger partial charge on any atom is 0.171 e. The standard InChI is InChI=1S/C19H21N5O/c20-12-15-6-2-3-7-17(15)14-25-23-19(21)16-8-9-18(22-13-16)24-10-4-1-5-11-24/h2-3,6-9,13H,1,4-5,10-11,14H2,(H2,21,23). The third kappa shape index (κ3) is 4.27. The SMILES string of the molecule is N#Cc1ccccc1CON=C(N)c1ccc(N2CCCCC2)nc1. The Hall–Kier alpha value is -3.07. The number of aromatic nitrogens is 1. The van der Waals surface area contributed by atoms with Gasteiger partial charge in [0.15, 0.2) is 5.84 Å². The summed E-state index contributed by atoms with van der Waals surface area (Å²) < 4.78 is 0. The molecule has 0 saturated carbocycles. The largest absolute Gasteiger partial charge is 0.389 e. The van der Waals surface area contributed by atoms with Crippen molar-refractivity contribution in [2.24, 2.45) is 10.9 Å². The van der Waals surface area contributed by atoms with Crippen molar-refractivity contribution in [2.45, 2.75) is 25.9 Å². The summed E-state index contributed by atoms with van der Waals surface area (Å²) >= 11 is 0. The Balaban J connectivity index is 1.61. The molecule has 1 aromatic carbocycles. The lowest BCUT2D eigenvalue weighted by atomic mass is 10.1. The van der Waals surface area contributed by atoms with Gasteiger partial charge in [-0.15, -0.1) is 0 Å². The average molecular weight is 335 g/mol. The van der Waals surface area contributed by atoms with Crippen LogP contribution >= 0.6 is 0 Å². The van der Waals surface area contributed by atoms with E-state index in [-0.39, 0.29) is 12.4 Å². The molecule has 6 heteroatoms. The fourth-order valence-electron chi connectivity index (χ4n) is 2.83. The van der Waals surface area contributed by atoms with Crippen molar-refractivity contribution >= 4 is 11.7 Å². The van der Waals surface area contributed by atoms with Crippen molar-refractivity contribution in [3.05, 3.63) is 59.3 Å². The van der Waals surface area contributed by atoms with Gasteiger partial charge in [0.25, 0.3) is 0 Å². The second-order valence-electron chi connectivity index (χ2n) is 5.97. The quantitative estimate of drug-likeness (QED) is 0.516. The highest BCUT2D eigenvalue weighted by Gasteiger charge is 2.12. The minimum absolute atomic E-state index is 0.198. The van der Waals surface area contributed by atoms with Crippen LogP contribution in [0.3, 0.4) is 0 Å². The number of oxime groups is 1. The van der Waals surface area contributed by atoms with Crippen molar-refractivity contribution in [2.75, 3.05) is 18.0 Å². The third-order valence-electron chi connectivity index (χ3n) is 4.24. The predicted molar refractivity (Wildman–Crippen MR) is 97.0 cm³/mol. The molecule has 1 aromatic heterocycles. The van der Waals surface area contributed by atoms with Crippen molar-refractivity contribution in [1.82, 2.24) is 4.98 Å². The molecule has 0 radical (unpaired) electrons. The van der Waals surface area contributed by atoms with Gasteiger partial charge in [0.1, 0.15) is 12.4 Å². The molecule has 1 aliphatic rings. The summed E-state index contributed by atoms with van der Waals surface area (Å²) in [5.74, 6) is 1.24. The summed E-state index contributed by atoms with van der Waals surface area (Å²) in [5.41, 5.74) is 8.03. The van der Waals surface area contributed by atoms with E-state index in [1.165, 1.54) is 19.3 Å². The van der Waals surface area contributed by atoms with Gasteiger partial charge < -0.3 is 15.5 Å². The molecule has 128 valence electrons. The van der Waals surface area contributed by atoms with Gasteiger partial charge in [-0.2, -0.15) is 5.26 Å². The highest BCUT2D eigenvalue weighted by atomic mass is 16.6. The Morgan fingerprint density at radius 1 is 1.20 bits per heavy atom. The minimum Gasteiger partial charge on any atom is -0.389 e. The molecule has 0 amide bonds. The molecule has 0 aliphatic carbocycles. The molecular formula is C19H21N5O. The molecule has 1 fully saturated rings. The molecule has 2 N–H and O–H groups in total. The number of anilines is 1. The van der Waals surface area contributed by atoms with Crippen LogP contribution in [0.1, 0.15) is 36.0 Å². The van der Waals surface area contributed by atoms with Crippen LogP contribution in [0.25, 0.3) is 0 Å². The van der Waals surface area contributed by atoms with Crippen molar-refractivity contribution in [1.29, 1.82) is 5.26 Å². The number of pyridine rings is 1. The lowest BCUT2D eigenvalue weighted by molar-refractivity contribution is 0.130. The smallest absolute Gasteiger partial charge is 0.171 e. The lowest BCUT2D eigenvalue weighted by Gasteiger charge is -2.27. The highest BCUT2D eigenvalue weighted by molar-refractivity contribution is 5.96. The van der Waals surface area contributed by atoms with E-state index in [0.717, 1.165) is 24.5 Å².